The Bertz CT molecular complexity index is 587. The SMILES string of the molecule is CCC/C=C/CCC1C(O)COC1/C=C/C(O)COc1cccc(Cl)c1. The largest absolute Gasteiger partial charge is 0.491 e. The number of benzene rings is 1. The van der Waals surface area contributed by atoms with Gasteiger partial charge in [0, 0.05) is 10.9 Å². The van der Waals surface area contributed by atoms with E-state index < -0.39 is 12.2 Å². The zero-order chi connectivity index (χ0) is 18.8. The molecule has 1 fully saturated rings. The smallest absolute Gasteiger partial charge is 0.120 e. The van der Waals surface area contributed by atoms with Gasteiger partial charge in [0.05, 0.1) is 18.8 Å². The van der Waals surface area contributed by atoms with Crippen LogP contribution in [0.15, 0.2) is 48.6 Å². The fourth-order valence-electron chi connectivity index (χ4n) is 2.95. The molecule has 4 unspecified atom stereocenters. The molecule has 4 nitrogen and oxygen atoms in total. The molecule has 1 aliphatic rings. The molecule has 2 N–H and O–H groups in total. The summed E-state index contributed by atoms with van der Waals surface area (Å²) in [4.78, 5) is 0. The van der Waals surface area contributed by atoms with Crippen LogP contribution in [0.2, 0.25) is 5.02 Å². The second kappa shape index (κ2) is 11.4. The summed E-state index contributed by atoms with van der Waals surface area (Å²) in [5.41, 5.74) is 0. The third-order valence-corrected chi connectivity index (χ3v) is 4.64. The fourth-order valence-corrected chi connectivity index (χ4v) is 3.13. The molecule has 0 saturated carbocycles. The first-order valence-electron chi connectivity index (χ1n) is 9.29. The lowest BCUT2D eigenvalue weighted by atomic mass is 9.93. The van der Waals surface area contributed by atoms with Gasteiger partial charge in [-0.3, -0.25) is 0 Å². The lowest BCUT2D eigenvalue weighted by Gasteiger charge is -2.17. The highest BCUT2D eigenvalue weighted by Gasteiger charge is 2.33. The minimum absolute atomic E-state index is 0.0542. The molecule has 0 aromatic heterocycles. The van der Waals surface area contributed by atoms with Crippen molar-refractivity contribution in [2.24, 2.45) is 5.92 Å². The molecule has 1 heterocycles. The first-order valence-corrected chi connectivity index (χ1v) is 9.67. The molecular weight excluding hydrogens is 352 g/mol. The second-order valence-corrected chi connectivity index (χ2v) is 7.02. The number of allylic oxidation sites excluding steroid dienone is 2. The normalized spacial score (nSPS) is 24.5. The fraction of sp³-hybridized carbons (Fsp3) is 0.524. The van der Waals surface area contributed by atoms with Crippen molar-refractivity contribution in [3.63, 3.8) is 0 Å². The molecule has 0 bridgehead atoms. The maximum absolute atomic E-state index is 10.1. The van der Waals surface area contributed by atoms with Crippen LogP contribution in [0.5, 0.6) is 5.75 Å². The van der Waals surface area contributed by atoms with E-state index >= 15 is 0 Å². The minimum atomic E-state index is -0.750. The van der Waals surface area contributed by atoms with Crippen LogP contribution in [0.1, 0.15) is 32.6 Å². The van der Waals surface area contributed by atoms with Crippen LogP contribution < -0.4 is 4.74 Å². The van der Waals surface area contributed by atoms with E-state index in [1.807, 2.05) is 6.08 Å². The average Bonchev–Trinajstić information content (AvgIpc) is 2.98. The van der Waals surface area contributed by atoms with E-state index in [1.54, 1.807) is 30.3 Å². The Labute approximate surface area is 161 Å². The van der Waals surface area contributed by atoms with Gasteiger partial charge in [-0.1, -0.05) is 55.3 Å². The summed E-state index contributed by atoms with van der Waals surface area (Å²) >= 11 is 5.91. The Morgan fingerprint density at radius 2 is 2.15 bits per heavy atom. The van der Waals surface area contributed by atoms with E-state index in [4.69, 9.17) is 21.1 Å². The Balaban J connectivity index is 1.78. The zero-order valence-corrected chi connectivity index (χ0v) is 16.0. The van der Waals surface area contributed by atoms with Gasteiger partial charge in [0.1, 0.15) is 18.5 Å². The zero-order valence-electron chi connectivity index (χ0n) is 15.3. The summed E-state index contributed by atoms with van der Waals surface area (Å²) in [6.45, 7) is 2.63. The van der Waals surface area contributed by atoms with Gasteiger partial charge in [-0.25, -0.2) is 0 Å². The van der Waals surface area contributed by atoms with Crippen molar-refractivity contribution in [1.82, 2.24) is 0 Å². The van der Waals surface area contributed by atoms with Crippen molar-refractivity contribution in [3.8, 4) is 5.75 Å². The first kappa shape index (κ1) is 21.0. The van der Waals surface area contributed by atoms with Gasteiger partial charge in [0.15, 0.2) is 0 Å². The van der Waals surface area contributed by atoms with Gasteiger partial charge >= 0.3 is 0 Å². The highest BCUT2D eigenvalue weighted by atomic mass is 35.5. The van der Waals surface area contributed by atoms with Crippen molar-refractivity contribution in [3.05, 3.63) is 53.6 Å². The van der Waals surface area contributed by atoms with E-state index in [9.17, 15) is 10.2 Å². The number of aliphatic hydroxyl groups is 2. The number of ether oxygens (including phenoxy) is 2. The van der Waals surface area contributed by atoms with Crippen molar-refractivity contribution in [1.29, 1.82) is 0 Å². The summed E-state index contributed by atoms with van der Waals surface area (Å²) in [7, 11) is 0. The summed E-state index contributed by atoms with van der Waals surface area (Å²) in [6.07, 6.45) is 10.5. The molecule has 5 heteroatoms. The predicted octanol–water partition coefficient (Wildman–Crippen LogP) is 4.15. The van der Waals surface area contributed by atoms with E-state index in [-0.39, 0.29) is 18.6 Å². The summed E-state index contributed by atoms with van der Waals surface area (Å²) in [5, 5.41) is 20.8. The van der Waals surface area contributed by atoms with E-state index in [1.165, 1.54) is 0 Å². The Hall–Kier alpha value is -1.33. The molecule has 1 aliphatic heterocycles. The number of hydrogen-bond acceptors (Lipinski definition) is 4. The highest BCUT2D eigenvalue weighted by Crippen LogP contribution is 2.27. The number of aliphatic hydroxyl groups excluding tert-OH is 2. The minimum Gasteiger partial charge on any atom is -0.491 e. The van der Waals surface area contributed by atoms with Crippen molar-refractivity contribution in [2.45, 2.75) is 50.9 Å². The highest BCUT2D eigenvalue weighted by molar-refractivity contribution is 6.30. The van der Waals surface area contributed by atoms with E-state index in [0.717, 1.165) is 25.7 Å². The van der Waals surface area contributed by atoms with Crippen LogP contribution in [0, 0.1) is 5.92 Å². The van der Waals surface area contributed by atoms with Crippen molar-refractivity contribution < 1.29 is 19.7 Å². The monoisotopic (exact) mass is 380 g/mol. The topological polar surface area (TPSA) is 58.9 Å². The third-order valence-electron chi connectivity index (χ3n) is 4.40. The predicted molar refractivity (Wildman–Crippen MR) is 105 cm³/mol. The van der Waals surface area contributed by atoms with Gasteiger partial charge in [0.25, 0.3) is 0 Å². The van der Waals surface area contributed by atoms with E-state index in [2.05, 4.69) is 19.1 Å². The van der Waals surface area contributed by atoms with Crippen molar-refractivity contribution in [2.75, 3.05) is 13.2 Å². The molecular formula is C21H29ClO4. The summed E-state index contributed by atoms with van der Waals surface area (Å²) in [5.74, 6) is 0.674. The molecule has 1 saturated heterocycles. The van der Waals surface area contributed by atoms with Crippen LogP contribution in [-0.4, -0.2) is 41.7 Å². The third kappa shape index (κ3) is 7.12. The van der Waals surface area contributed by atoms with Crippen LogP contribution in [0.4, 0.5) is 0 Å². The molecule has 2 rings (SSSR count). The molecule has 0 amide bonds. The molecule has 0 aliphatic carbocycles. The van der Waals surface area contributed by atoms with E-state index in [0.29, 0.717) is 17.4 Å². The van der Waals surface area contributed by atoms with Gasteiger partial charge in [0.2, 0.25) is 0 Å². The maximum Gasteiger partial charge on any atom is 0.120 e. The lowest BCUT2D eigenvalue weighted by molar-refractivity contribution is 0.106. The molecule has 144 valence electrons. The van der Waals surface area contributed by atoms with Crippen LogP contribution >= 0.6 is 11.6 Å². The van der Waals surface area contributed by atoms with Gasteiger partial charge in [-0.15, -0.1) is 0 Å². The quantitative estimate of drug-likeness (QED) is 0.599. The Morgan fingerprint density at radius 3 is 2.92 bits per heavy atom. The molecule has 1 aromatic carbocycles. The molecule has 1 aromatic rings. The molecule has 0 spiro atoms. The molecule has 0 radical (unpaired) electrons. The maximum atomic E-state index is 10.1. The average molecular weight is 381 g/mol. The van der Waals surface area contributed by atoms with Gasteiger partial charge in [-0.2, -0.15) is 0 Å². The first-order chi connectivity index (χ1) is 12.6. The van der Waals surface area contributed by atoms with Crippen molar-refractivity contribution >= 4 is 11.6 Å². The number of rotatable bonds is 10. The second-order valence-electron chi connectivity index (χ2n) is 6.59. The lowest BCUT2D eigenvalue weighted by Crippen LogP contribution is -2.23. The standard InChI is InChI=1S/C21H29ClO4/c1-2-3-4-5-6-10-19-20(24)15-26-21(19)12-11-17(23)14-25-18-9-7-8-16(22)13-18/h4-5,7-9,11-13,17,19-21,23-24H,2-3,6,10,14-15H2,1H3/b5-4+,12-11+. The van der Waals surface area contributed by atoms with Gasteiger partial charge in [-0.05, 0) is 37.5 Å². The number of unbranched alkanes of at least 4 members (excludes halogenated alkanes) is 1. The number of halogens is 1. The van der Waals surface area contributed by atoms with Crippen LogP contribution in [-0.2, 0) is 4.74 Å². The summed E-state index contributed by atoms with van der Waals surface area (Å²) in [6, 6.07) is 7.07. The van der Waals surface area contributed by atoms with Gasteiger partial charge < -0.3 is 19.7 Å². The number of hydrogen-bond donors (Lipinski definition) is 2. The van der Waals surface area contributed by atoms with Crippen LogP contribution in [0.3, 0.4) is 0 Å². The Kier molecular flexibility index (Phi) is 9.19. The molecule has 4 atom stereocenters. The van der Waals surface area contributed by atoms with Crippen LogP contribution in [0.25, 0.3) is 0 Å². The Morgan fingerprint density at radius 1 is 1.35 bits per heavy atom. The summed E-state index contributed by atoms with van der Waals surface area (Å²) < 4.78 is 11.2. The molecule has 26 heavy (non-hydrogen) atoms.